The third kappa shape index (κ3) is 1.74. The van der Waals surface area contributed by atoms with E-state index in [-0.39, 0.29) is 18.6 Å². The second-order valence-corrected chi connectivity index (χ2v) is 3.94. The summed E-state index contributed by atoms with van der Waals surface area (Å²) >= 11 is 0. The SMILES string of the molecule is C[C@@]1(CO)CCCC[C@@H]1CO. The molecule has 11 heavy (non-hydrogen) atoms. The van der Waals surface area contributed by atoms with Crippen LogP contribution in [-0.2, 0) is 0 Å². The molecule has 2 nitrogen and oxygen atoms in total. The second-order valence-electron chi connectivity index (χ2n) is 3.94. The predicted octanol–water partition coefficient (Wildman–Crippen LogP) is 1.17. The van der Waals surface area contributed by atoms with Gasteiger partial charge in [-0.05, 0) is 24.2 Å². The van der Waals surface area contributed by atoms with Gasteiger partial charge in [-0.15, -0.1) is 0 Å². The Hall–Kier alpha value is -0.0800. The van der Waals surface area contributed by atoms with Crippen LogP contribution in [-0.4, -0.2) is 23.4 Å². The van der Waals surface area contributed by atoms with Crippen LogP contribution >= 0.6 is 0 Å². The van der Waals surface area contributed by atoms with Crippen molar-refractivity contribution in [1.29, 1.82) is 0 Å². The first-order valence-corrected chi connectivity index (χ1v) is 4.44. The van der Waals surface area contributed by atoms with Crippen molar-refractivity contribution in [2.45, 2.75) is 32.6 Å². The van der Waals surface area contributed by atoms with Gasteiger partial charge in [0.1, 0.15) is 0 Å². The molecule has 1 fully saturated rings. The zero-order valence-corrected chi connectivity index (χ0v) is 7.21. The Balaban J connectivity index is 2.57. The number of aliphatic hydroxyl groups excluding tert-OH is 2. The molecule has 1 rings (SSSR count). The lowest BCUT2D eigenvalue weighted by Crippen LogP contribution is -2.36. The van der Waals surface area contributed by atoms with Gasteiger partial charge in [-0.25, -0.2) is 0 Å². The Bertz CT molecular complexity index is 125. The third-order valence-corrected chi connectivity index (χ3v) is 3.12. The Kier molecular flexibility index (Phi) is 2.90. The molecule has 2 heteroatoms. The molecule has 0 bridgehead atoms. The van der Waals surface area contributed by atoms with Crippen molar-refractivity contribution < 1.29 is 10.2 Å². The molecular weight excluding hydrogens is 140 g/mol. The van der Waals surface area contributed by atoms with Crippen LogP contribution in [0.2, 0.25) is 0 Å². The largest absolute Gasteiger partial charge is 0.396 e. The first kappa shape index (κ1) is 9.01. The van der Waals surface area contributed by atoms with Crippen molar-refractivity contribution in [3.05, 3.63) is 0 Å². The topological polar surface area (TPSA) is 40.5 Å². The van der Waals surface area contributed by atoms with Crippen LogP contribution in [0.1, 0.15) is 32.6 Å². The Morgan fingerprint density at radius 2 is 2.09 bits per heavy atom. The molecule has 0 spiro atoms. The fourth-order valence-corrected chi connectivity index (χ4v) is 1.99. The minimum absolute atomic E-state index is 0.00694. The van der Waals surface area contributed by atoms with Crippen LogP contribution in [0.3, 0.4) is 0 Å². The zero-order chi connectivity index (χ0) is 8.32. The molecule has 2 atom stereocenters. The summed E-state index contributed by atoms with van der Waals surface area (Å²) in [6, 6.07) is 0. The molecule has 0 aromatic heterocycles. The van der Waals surface area contributed by atoms with Gasteiger partial charge in [0.2, 0.25) is 0 Å². The highest BCUT2D eigenvalue weighted by Gasteiger charge is 2.35. The number of hydrogen-bond donors (Lipinski definition) is 2. The lowest BCUT2D eigenvalue weighted by atomic mass is 9.68. The van der Waals surface area contributed by atoms with Crippen molar-refractivity contribution >= 4 is 0 Å². The van der Waals surface area contributed by atoms with Crippen molar-refractivity contribution in [1.82, 2.24) is 0 Å². The normalized spacial score (nSPS) is 39.0. The molecule has 1 aliphatic carbocycles. The smallest absolute Gasteiger partial charge is 0.0488 e. The molecule has 0 aliphatic heterocycles. The van der Waals surface area contributed by atoms with E-state index in [0.29, 0.717) is 5.92 Å². The highest BCUT2D eigenvalue weighted by molar-refractivity contribution is 4.85. The first-order chi connectivity index (χ1) is 5.23. The summed E-state index contributed by atoms with van der Waals surface area (Å²) in [4.78, 5) is 0. The Morgan fingerprint density at radius 1 is 1.36 bits per heavy atom. The average molecular weight is 158 g/mol. The quantitative estimate of drug-likeness (QED) is 0.633. The molecular formula is C9H18O2. The molecule has 0 radical (unpaired) electrons. The van der Waals surface area contributed by atoms with E-state index in [1.54, 1.807) is 0 Å². The van der Waals surface area contributed by atoms with E-state index >= 15 is 0 Å². The molecule has 0 saturated heterocycles. The van der Waals surface area contributed by atoms with Gasteiger partial charge in [0, 0.05) is 13.2 Å². The fraction of sp³-hybridized carbons (Fsp3) is 1.00. The van der Waals surface area contributed by atoms with Gasteiger partial charge in [-0.1, -0.05) is 19.8 Å². The van der Waals surface area contributed by atoms with E-state index in [2.05, 4.69) is 6.92 Å². The molecule has 66 valence electrons. The predicted molar refractivity (Wildman–Crippen MR) is 44.2 cm³/mol. The summed E-state index contributed by atoms with van der Waals surface area (Å²) < 4.78 is 0. The van der Waals surface area contributed by atoms with Crippen LogP contribution in [0, 0.1) is 11.3 Å². The second kappa shape index (κ2) is 3.55. The Labute approximate surface area is 68.2 Å². The van der Waals surface area contributed by atoms with Gasteiger partial charge >= 0.3 is 0 Å². The standard InChI is InChI=1S/C9H18O2/c1-9(7-11)5-3-2-4-8(9)6-10/h8,10-11H,2-7H2,1H3/t8-,9+/m1/s1. The summed E-state index contributed by atoms with van der Waals surface area (Å²) in [5.41, 5.74) is -0.00694. The van der Waals surface area contributed by atoms with Gasteiger partial charge in [-0.2, -0.15) is 0 Å². The zero-order valence-electron chi connectivity index (χ0n) is 7.21. The number of aliphatic hydroxyl groups is 2. The maximum atomic E-state index is 9.14. The fourth-order valence-electron chi connectivity index (χ4n) is 1.99. The van der Waals surface area contributed by atoms with Gasteiger partial charge < -0.3 is 10.2 Å². The lowest BCUT2D eigenvalue weighted by Gasteiger charge is -2.39. The summed E-state index contributed by atoms with van der Waals surface area (Å²) in [7, 11) is 0. The molecule has 0 amide bonds. The monoisotopic (exact) mass is 158 g/mol. The van der Waals surface area contributed by atoms with Crippen molar-refractivity contribution in [3.63, 3.8) is 0 Å². The van der Waals surface area contributed by atoms with E-state index in [1.807, 2.05) is 0 Å². The van der Waals surface area contributed by atoms with Gasteiger partial charge in [0.15, 0.2) is 0 Å². The Morgan fingerprint density at radius 3 is 2.55 bits per heavy atom. The minimum Gasteiger partial charge on any atom is -0.396 e. The maximum absolute atomic E-state index is 9.14. The van der Waals surface area contributed by atoms with Gasteiger partial charge in [0.05, 0.1) is 0 Å². The molecule has 0 heterocycles. The van der Waals surface area contributed by atoms with E-state index in [9.17, 15) is 0 Å². The number of hydrogen-bond acceptors (Lipinski definition) is 2. The first-order valence-electron chi connectivity index (χ1n) is 4.44. The van der Waals surface area contributed by atoms with Crippen LogP contribution in [0.4, 0.5) is 0 Å². The molecule has 1 saturated carbocycles. The van der Waals surface area contributed by atoms with Crippen molar-refractivity contribution in [3.8, 4) is 0 Å². The summed E-state index contributed by atoms with van der Waals surface area (Å²) in [5, 5.41) is 18.2. The summed E-state index contributed by atoms with van der Waals surface area (Å²) in [6.45, 7) is 2.53. The van der Waals surface area contributed by atoms with E-state index in [1.165, 1.54) is 12.8 Å². The van der Waals surface area contributed by atoms with Crippen LogP contribution < -0.4 is 0 Å². The minimum atomic E-state index is -0.00694. The molecule has 0 aromatic rings. The van der Waals surface area contributed by atoms with Crippen LogP contribution in [0.15, 0.2) is 0 Å². The average Bonchev–Trinajstić information content (AvgIpc) is 2.05. The summed E-state index contributed by atoms with van der Waals surface area (Å²) in [5.74, 6) is 0.321. The lowest BCUT2D eigenvalue weighted by molar-refractivity contribution is 0.00901. The highest BCUT2D eigenvalue weighted by Crippen LogP contribution is 2.39. The molecule has 2 N–H and O–H groups in total. The molecule has 0 unspecified atom stereocenters. The number of rotatable bonds is 2. The van der Waals surface area contributed by atoms with E-state index in [0.717, 1.165) is 12.8 Å². The summed E-state index contributed by atoms with van der Waals surface area (Å²) in [6.07, 6.45) is 4.55. The van der Waals surface area contributed by atoms with Gasteiger partial charge in [-0.3, -0.25) is 0 Å². The van der Waals surface area contributed by atoms with Gasteiger partial charge in [0.25, 0.3) is 0 Å². The third-order valence-electron chi connectivity index (χ3n) is 3.12. The van der Waals surface area contributed by atoms with Crippen LogP contribution in [0.5, 0.6) is 0 Å². The van der Waals surface area contributed by atoms with E-state index in [4.69, 9.17) is 10.2 Å². The molecule has 0 aromatic carbocycles. The van der Waals surface area contributed by atoms with E-state index < -0.39 is 0 Å². The maximum Gasteiger partial charge on any atom is 0.0488 e. The van der Waals surface area contributed by atoms with Crippen LogP contribution in [0.25, 0.3) is 0 Å². The van der Waals surface area contributed by atoms with Crippen molar-refractivity contribution in [2.75, 3.05) is 13.2 Å². The highest BCUT2D eigenvalue weighted by atomic mass is 16.3. The molecule has 1 aliphatic rings. The van der Waals surface area contributed by atoms with Crippen molar-refractivity contribution in [2.24, 2.45) is 11.3 Å².